The lowest BCUT2D eigenvalue weighted by Gasteiger charge is -2.36. The molecule has 0 saturated carbocycles. The van der Waals surface area contributed by atoms with Crippen LogP contribution >= 0.6 is 11.3 Å². The third-order valence-electron chi connectivity index (χ3n) is 4.87. The molecule has 0 bridgehead atoms. The molecule has 0 amide bonds. The highest BCUT2D eigenvalue weighted by Crippen LogP contribution is 2.31. The molecule has 5 rings (SSSR count). The molecule has 0 aromatic carbocycles. The summed E-state index contributed by atoms with van der Waals surface area (Å²) >= 11 is 1.70. The van der Waals surface area contributed by atoms with Gasteiger partial charge >= 0.3 is 0 Å². The van der Waals surface area contributed by atoms with Gasteiger partial charge < -0.3 is 15.5 Å². The highest BCUT2D eigenvalue weighted by molar-refractivity contribution is 7.18. The molecule has 5 heterocycles. The standard InChI is InChI=1S/C18H19N9S/c1-12-9-13-15(20-11-23-18(13)28-12)25-5-7-26(8-6-25)16-14(19)17(22-10-21-16)27-4-2-3-24-27/h2-4,9-11H,5-8,19H2,1H3. The van der Waals surface area contributed by atoms with Crippen molar-refractivity contribution in [3.05, 3.63) is 42.1 Å². The van der Waals surface area contributed by atoms with Crippen LogP contribution in [0.25, 0.3) is 16.0 Å². The minimum Gasteiger partial charge on any atom is -0.393 e. The summed E-state index contributed by atoms with van der Waals surface area (Å²) in [6, 6.07) is 4.01. The molecule has 2 N–H and O–H groups in total. The molecule has 1 aliphatic rings. The lowest BCUT2D eigenvalue weighted by molar-refractivity contribution is 0.642. The number of thiophene rings is 1. The van der Waals surface area contributed by atoms with Crippen LogP contribution in [0, 0.1) is 6.92 Å². The number of piperazine rings is 1. The number of nitrogens with two attached hydrogens (primary N) is 1. The minimum absolute atomic E-state index is 0.539. The van der Waals surface area contributed by atoms with Gasteiger partial charge in [-0.1, -0.05) is 0 Å². The number of hydrogen-bond donors (Lipinski definition) is 1. The Morgan fingerprint density at radius 1 is 0.929 bits per heavy atom. The summed E-state index contributed by atoms with van der Waals surface area (Å²) in [6.45, 7) is 5.37. The maximum absolute atomic E-state index is 6.37. The fraction of sp³-hybridized carbons (Fsp3) is 0.278. The van der Waals surface area contributed by atoms with Crippen LogP contribution in [-0.2, 0) is 0 Å². The SMILES string of the molecule is Cc1cc2c(N3CCN(c4ncnc(-n5cccn5)c4N)CC3)ncnc2s1. The summed E-state index contributed by atoms with van der Waals surface area (Å²) in [6.07, 6.45) is 6.72. The Hall–Kier alpha value is -3.27. The molecule has 9 nitrogen and oxygen atoms in total. The Bertz CT molecular complexity index is 1110. The van der Waals surface area contributed by atoms with E-state index in [1.165, 1.54) is 11.2 Å². The lowest BCUT2D eigenvalue weighted by atomic mass is 10.2. The summed E-state index contributed by atoms with van der Waals surface area (Å²) in [5, 5.41) is 5.35. The number of nitrogen functional groups attached to an aromatic ring is 1. The molecule has 0 unspecified atom stereocenters. The van der Waals surface area contributed by atoms with E-state index in [9.17, 15) is 0 Å². The van der Waals surface area contributed by atoms with E-state index in [2.05, 4.69) is 47.8 Å². The monoisotopic (exact) mass is 393 g/mol. The quantitative estimate of drug-likeness (QED) is 0.563. The van der Waals surface area contributed by atoms with Crippen LogP contribution in [0.2, 0.25) is 0 Å². The first kappa shape index (κ1) is 16.9. The normalized spacial score (nSPS) is 14.8. The van der Waals surface area contributed by atoms with Crippen molar-refractivity contribution >= 4 is 38.9 Å². The molecule has 1 saturated heterocycles. The topological polar surface area (TPSA) is 102 Å². The van der Waals surface area contributed by atoms with Crippen molar-refractivity contribution in [3.8, 4) is 5.82 Å². The van der Waals surface area contributed by atoms with Gasteiger partial charge in [-0.3, -0.25) is 0 Å². The van der Waals surface area contributed by atoms with E-state index >= 15 is 0 Å². The van der Waals surface area contributed by atoms with Gasteiger partial charge in [-0.2, -0.15) is 5.10 Å². The van der Waals surface area contributed by atoms with Gasteiger partial charge in [0.15, 0.2) is 11.6 Å². The third-order valence-corrected chi connectivity index (χ3v) is 5.83. The van der Waals surface area contributed by atoms with Crippen molar-refractivity contribution in [2.45, 2.75) is 6.92 Å². The predicted molar refractivity (Wildman–Crippen MR) is 110 cm³/mol. The molecular weight excluding hydrogens is 374 g/mol. The predicted octanol–water partition coefficient (Wildman–Crippen LogP) is 1.88. The summed E-state index contributed by atoms with van der Waals surface area (Å²) in [7, 11) is 0. The Morgan fingerprint density at radius 2 is 1.61 bits per heavy atom. The zero-order valence-corrected chi connectivity index (χ0v) is 16.2. The van der Waals surface area contributed by atoms with Crippen molar-refractivity contribution in [2.24, 2.45) is 0 Å². The maximum Gasteiger partial charge on any atom is 0.181 e. The number of fused-ring (bicyclic) bond motifs is 1. The third kappa shape index (κ3) is 2.82. The zero-order valence-electron chi connectivity index (χ0n) is 15.4. The molecular formula is C18H19N9S. The van der Waals surface area contributed by atoms with Crippen molar-refractivity contribution in [1.29, 1.82) is 0 Å². The summed E-state index contributed by atoms with van der Waals surface area (Å²) < 4.78 is 1.66. The van der Waals surface area contributed by atoms with E-state index in [1.807, 2.05) is 12.3 Å². The average Bonchev–Trinajstić information content (AvgIpc) is 3.37. The fourth-order valence-electron chi connectivity index (χ4n) is 3.55. The Balaban J connectivity index is 1.38. The van der Waals surface area contributed by atoms with Gasteiger partial charge in [-0.05, 0) is 19.1 Å². The van der Waals surface area contributed by atoms with E-state index in [4.69, 9.17) is 5.73 Å². The highest BCUT2D eigenvalue weighted by atomic mass is 32.1. The smallest absolute Gasteiger partial charge is 0.181 e. The first-order chi connectivity index (χ1) is 13.7. The minimum atomic E-state index is 0.539. The van der Waals surface area contributed by atoms with E-state index < -0.39 is 0 Å². The van der Waals surface area contributed by atoms with Crippen LogP contribution in [-0.4, -0.2) is 55.9 Å². The van der Waals surface area contributed by atoms with Crippen molar-refractivity contribution in [2.75, 3.05) is 41.7 Å². The van der Waals surface area contributed by atoms with E-state index in [-0.39, 0.29) is 0 Å². The molecule has 0 radical (unpaired) electrons. The second-order valence-corrected chi connectivity index (χ2v) is 7.87. The average molecular weight is 393 g/mol. The lowest BCUT2D eigenvalue weighted by Crippen LogP contribution is -2.47. The second kappa shape index (κ2) is 6.71. The maximum atomic E-state index is 6.37. The van der Waals surface area contributed by atoms with Crippen molar-refractivity contribution in [1.82, 2.24) is 29.7 Å². The molecule has 4 aromatic rings. The highest BCUT2D eigenvalue weighted by Gasteiger charge is 2.24. The molecule has 0 spiro atoms. The van der Waals surface area contributed by atoms with Gasteiger partial charge in [-0.25, -0.2) is 24.6 Å². The summed E-state index contributed by atoms with van der Waals surface area (Å²) in [4.78, 5) is 24.4. The van der Waals surface area contributed by atoms with Gasteiger partial charge in [0.2, 0.25) is 0 Å². The Morgan fingerprint density at radius 3 is 2.36 bits per heavy atom. The molecule has 142 valence electrons. The van der Waals surface area contributed by atoms with Gasteiger partial charge in [0.1, 0.15) is 29.0 Å². The summed E-state index contributed by atoms with van der Waals surface area (Å²) in [5.74, 6) is 2.35. The summed E-state index contributed by atoms with van der Waals surface area (Å²) in [5.41, 5.74) is 6.91. The number of aromatic nitrogens is 6. The van der Waals surface area contributed by atoms with E-state index in [0.29, 0.717) is 11.5 Å². The number of hydrogen-bond acceptors (Lipinski definition) is 9. The van der Waals surface area contributed by atoms with E-state index in [1.54, 1.807) is 28.5 Å². The van der Waals surface area contributed by atoms with Crippen LogP contribution in [0.4, 0.5) is 17.3 Å². The Labute approximate surface area is 165 Å². The van der Waals surface area contributed by atoms with Crippen molar-refractivity contribution < 1.29 is 0 Å². The molecule has 0 atom stereocenters. The number of nitrogens with zero attached hydrogens (tertiary/aromatic N) is 8. The largest absolute Gasteiger partial charge is 0.393 e. The van der Waals surface area contributed by atoms with Gasteiger partial charge in [0.05, 0.1) is 5.39 Å². The first-order valence-electron chi connectivity index (χ1n) is 9.02. The zero-order chi connectivity index (χ0) is 19.1. The molecule has 0 aliphatic carbocycles. The molecule has 10 heteroatoms. The van der Waals surface area contributed by atoms with Crippen LogP contribution < -0.4 is 15.5 Å². The second-order valence-electron chi connectivity index (χ2n) is 6.63. The molecule has 28 heavy (non-hydrogen) atoms. The van der Waals surface area contributed by atoms with Crippen molar-refractivity contribution in [3.63, 3.8) is 0 Å². The molecule has 1 fully saturated rings. The Kier molecular flexibility index (Phi) is 4.05. The number of anilines is 3. The molecule has 4 aromatic heterocycles. The van der Waals surface area contributed by atoms with Crippen LogP contribution in [0.3, 0.4) is 0 Å². The molecule has 1 aliphatic heterocycles. The van der Waals surface area contributed by atoms with E-state index in [0.717, 1.165) is 48.0 Å². The van der Waals surface area contributed by atoms with Gasteiger partial charge in [0.25, 0.3) is 0 Å². The first-order valence-corrected chi connectivity index (χ1v) is 9.84. The van der Waals surface area contributed by atoms with Crippen LogP contribution in [0.1, 0.15) is 4.88 Å². The number of aryl methyl sites for hydroxylation is 1. The van der Waals surface area contributed by atoms with Gasteiger partial charge in [-0.15, -0.1) is 11.3 Å². The fourth-order valence-corrected chi connectivity index (χ4v) is 4.39. The van der Waals surface area contributed by atoms with Crippen LogP contribution in [0.5, 0.6) is 0 Å². The van der Waals surface area contributed by atoms with Crippen LogP contribution in [0.15, 0.2) is 37.2 Å². The van der Waals surface area contributed by atoms with Gasteiger partial charge in [0, 0.05) is 43.4 Å². The number of rotatable bonds is 3.